The zero-order valence-electron chi connectivity index (χ0n) is 39.8. The number of carbonyl (C=O) groups is 3. The first kappa shape index (κ1) is 50.4. The third-order valence-electron chi connectivity index (χ3n) is 9.60. The van der Waals surface area contributed by atoms with E-state index in [0.29, 0.717) is 71.7 Å². The summed E-state index contributed by atoms with van der Waals surface area (Å²) < 4.78 is 45.4. The van der Waals surface area contributed by atoms with Crippen LogP contribution in [0.2, 0.25) is 0 Å². The molecule has 6 aromatic carbocycles. The quantitative estimate of drug-likeness (QED) is 0.0589. The molecule has 0 aliphatic rings. The largest absolute Gasteiger partial charge is 0.519 e. The highest BCUT2D eigenvalue weighted by atomic mass is 16.7. The first-order valence-electron chi connectivity index (χ1n) is 22.7. The van der Waals surface area contributed by atoms with Crippen molar-refractivity contribution in [2.75, 3.05) is 39.6 Å². The Balaban J connectivity index is 1.51. The van der Waals surface area contributed by atoms with E-state index in [2.05, 4.69) is 47.4 Å². The van der Waals surface area contributed by atoms with Gasteiger partial charge in [0.25, 0.3) is 0 Å². The summed E-state index contributed by atoms with van der Waals surface area (Å²) in [5, 5.41) is 0. The Kier molecular flexibility index (Phi) is 18.5. The van der Waals surface area contributed by atoms with E-state index in [4.69, 9.17) is 37.9 Å². The van der Waals surface area contributed by atoms with Crippen molar-refractivity contribution in [3.05, 3.63) is 177 Å². The lowest BCUT2D eigenvalue weighted by molar-refractivity contribution is 0.0516. The van der Waals surface area contributed by atoms with Crippen molar-refractivity contribution in [2.24, 2.45) is 0 Å². The van der Waals surface area contributed by atoms with Crippen molar-refractivity contribution in [1.82, 2.24) is 0 Å². The number of benzene rings is 6. The summed E-state index contributed by atoms with van der Waals surface area (Å²) in [6.07, 6.45) is -1.23. The number of hydrogen-bond donors (Lipinski definition) is 0. The Morgan fingerprint density at radius 1 is 0.343 bits per heavy atom. The number of esters is 2. The highest BCUT2D eigenvalue weighted by Crippen LogP contribution is 2.31. The molecule has 0 spiro atoms. The molecule has 0 unspecified atom stereocenters. The molecule has 0 N–H and O–H groups in total. The zero-order chi connectivity index (χ0) is 49.7. The van der Waals surface area contributed by atoms with Gasteiger partial charge in [0, 0.05) is 22.3 Å². The fourth-order valence-electron chi connectivity index (χ4n) is 6.46. The van der Waals surface area contributed by atoms with Crippen LogP contribution in [0.1, 0.15) is 107 Å². The smallest absolute Gasteiger partial charge is 0.494 e. The van der Waals surface area contributed by atoms with Crippen LogP contribution in [0.15, 0.2) is 121 Å². The van der Waals surface area contributed by atoms with Gasteiger partial charge >= 0.3 is 18.1 Å². The van der Waals surface area contributed by atoms with Crippen molar-refractivity contribution in [3.8, 4) is 81.9 Å². The van der Waals surface area contributed by atoms with Crippen molar-refractivity contribution >= 4 is 18.1 Å². The lowest BCUT2D eigenvalue weighted by Gasteiger charge is -2.14. The second-order valence-corrected chi connectivity index (χ2v) is 14.5. The maximum Gasteiger partial charge on any atom is 0.519 e. The fraction of sp³-hybridized carbons (Fsp3) is 0.203. The molecular weight excluding hydrogens is 885 g/mol. The van der Waals surface area contributed by atoms with Crippen molar-refractivity contribution < 1.29 is 52.3 Å². The Morgan fingerprint density at radius 2 is 0.586 bits per heavy atom. The second-order valence-electron chi connectivity index (χ2n) is 14.5. The summed E-state index contributed by atoms with van der Waals surface area (Å²) >= 11 is 0. The Hall–Kier alpha value is -9.03. The van der Waals surface area contributed by atoms with Gasteiger partial charge in [0.2, 0.25) is 0 Å². The number of rotatable bonds is 14. The maximum absolute atomic E-state index is 14.5. The van der Waals surface area contributed by atoms with Crippen molar-refractivity contribution in [1.29, 1.82) is 0 Å². The first-order chi connectivity index (χ1) is 34.1. The molecule has 352 valence electrons. The molecule has 0 heterocycles. The van der Waals surface area contributed by atoms with Gasteiger partial charge in [-0.25, -0.2) is 14.4 Å². The molecular formula is C59H50O11. The maximum atomic E-state index is 14.5. The number of ether oxygens (including phenoxy) is 8. The van der Waals surface area contributed by atoms with E-state index < -0.39 is 18.1 Å². The summed E-state index contributed by atoms with van der Waals surface area (Å²) in [6, 6.07) is 34.3. The molecule has 6 aromatic rings. The molecule has 0 aliphatic heterocycles. The van der Waals surface area contributed by atoms with Gasteiger partial charge in [-0.15, -0.1) is 0 Å². The van der Waals surface area contributed by atoms with Crippen LogP contribution in [0.4, 0.5) is 4.79 Å². The van der Waals surface area contributed by atoms with E-state index >= 15 is 0 Å². The van der Waals surface area contributed by atoms with E-state index in [-0.39, 0.29) is 58.1 Å². The highest BCUT2D eigenvalue weighted by Gasteiger charge is 2.23. The molecule has 11 heteroatoms. The zero-order valence-corrected chi connectivity index (χ0v) is 39.8. The first-order valence-corrected chi connectivity index (χ1v) is 22.7. The number of carbonyl (C=O) groups excluding carboxylic acids is 3. The van der Waals surface area contributed by atoms with Crippen molar-refractivity contribution in [2.45, 2.75) is 41.5 Å². The fourth-order valence-corrected chi connectivity index (χ4v) is 6.46. The average molecular weight is 935 g/mol. The highest BCUT2D eigenvalue weighted by molar-refractivity contribution is 5.92. The van der Waals surface area contributed by atoms with Crippen LogP contribution in [0.5, 0.6) is 34.5 Å². The predicted molar refractivity (Wildman–Crippen MR) is 266 cm³/mol. The molecule has 70 heavy (non-hydrogen) atoms. The van der Waals surface area contributed by atoms with Crippen LogP contribution in [-0.2, 0) is 9.47 Å². The van der Waals surface area contributed by atoms with E-state index in [9.17, 15) is 14.4 Å². The lowest BCUT2D eigenvalue weighted by atomic mass is 10.0. The minimum absolute atomic E-state index is 0.104. The molecule has 0 bridgehead atoms. The average Bonchev–Trinajstić information content (AvgIpc) is 3.37. The van der Waals surface area contributed by atoms with Gasteiger partial charge in [-0.1, -0.05) is 47.4 Å². The summed E-state index contributed by atoms with van der Waals surface area (Å²) in [4.78, 5) is 41.1. The van der Waals surface area contributed by atoms with Crippen LogP contribution in [0, 0.1) is 47.4 Å². The Bertz CT molecular complexity index is 2670. The SMILES string of the molecule is CCOC(=O)c1cc(C#Cc2ccc(OCC)cc2)c(OC(=O)Oc2c(C#Cc3ccc(OCC)cc3)cc(C(=O)OCC)cc2C#Cc2ccc(OCC)cc2)c(C#Cc2ccc(OCC)cc2)c1. The van der Waals surface area contributed by atoms with Crippen LogP contribution in [0.25, 0.3) is 0 Å². The van der Waals surface area contributed by atoms with Crippen LogP contribution >= 0.6 is 0 Å². The van der Waals surface area contributed by atoms with E-state index in [1.807, 2.05) is 27.7 Å². The topological polar surface area (TPSA) is 125 Å². The summed E-state index contributed by atoms with van der Waals surface area (Å²) in [5.74, 6) is 25.8. The summed E-state index contributed by atoms with van der Waals surface area (Å²) in [5.41, 5.74) is 3.13. The van der Waals surface area contributed by atoms with Gasteiger partial charge in [0.15, 0.2) is 11.5 Å². The molecule has 0 amide bonds. The normalized spacial score (nSPS) is 9.91. The van der Waals surface area contributed by atoms with Crippen molar-refractivity contribution in [3.63, 3.8) is 0 Å². The standard InChI is InChI=1S/C59H50O11/c1-7-63-51-29-17-41(18-30-51)13-25-45-37-49(57(60)67-11-5)38-46(26-14-42-19-31-52(32-20-42)64-8-2)55(45)69-59(62)70-56-47(27-15-43-21-33-53(34-22-43)65-9-3)39-50(58(61)68-12-6)40-48(56)28-16-44-23-35-54(36-24-44)66-10-4/h17-24,29-40H,7-12H2,1-6H3. The van der Waals surface area contributed by atoms with Gasteiger partial charge in [-0.3, -0.25) is 0 Å². The predicted octanol–water partition coefficient (Wildman–Crippen LogP) is 10.8. The van der Waals surface area contributed by atoms with E-state index in [1.54, 1.807) is 111 Å². The summed E-state index contributed by atoms with van der Waals surface area (Å²) in [6.45, 7) is 13.1. The molecule has 0 fully saturated rings. The van der Waals surface area contributed by atoms with Crippen LogP contribution in [-0.4, -0.2) is 57.7 Å². The molecule has 0 saturated heterocycles. The molecule has 11 nitrogen and oxygen atoms in total. The Labute approximate surface area is 409 Å². The molecule has 0 radical (unpaired) electrons. The molecule has 6 rings (SSSR count). The van der Waals surface area contributed by atoms with Gasteiger partial charge in [0.1, 0.15) is 23.0 Å². The summed E-state index contributed by atoms with van der Waals surface area (Å²) in [7, 11) is 0. The van der Waals surface area contributed by atoms with Gasteiger partial charge in [-0.2, -0.15) is 0 Å². The second kappa shape index (κ2) is 25.8. The van der Waals surface area contributed by atoms with Gasteiger partial charge in [0.05, 0.1) is 73.0 Å². The van der Waals surface area contributed by atoms with Crippen LogP contribution in [0.3, 0.4) is 0 Å². The van der Waals surface area contributed by atoms with Crippen LogP contribution < -0.4 is 28.4 Å². The Morgan fingerprint density at radius 3 is 0.800 bits per heavy atom. The third-order valence-corrected chi connectivity index (χ3v) is 9.60. The number of hydrogen-bond acceptors (Lipinski definition) is 11. The van der Waals surface area contributed by atoms with Gasteiger partial charge in [-0.05, 0) is 163 Å². The molecule has 0 aliphatic carbocycles. The minimum atomic E-state index is -1.23. The molecule has 0 aromatic heterocycles. The molecule has 0 atom stereocenters. The monoisotopic (exact) mass is 934 g/mol. The molecule has 0 saturated carbocycles. The van der Waals surface area contributed by atoms with E-state index in [1.165, 1.54) is 24.3 Å². The minimum Gasteiger partial charge on any atom is -0.494 e. The van der Waals surface area contributed by atoms with E-state index in [0.717, 1.165) is 0 Å². The third kappa shape index (κ3) is 14.5. The van der Waals surface area contributed by atoms with Gasteiger partial charge < -0.3 is 37.9 Å². The lowest BCUT2D eigenvalue weighted by Crippen LogP contribution is -2.18.